The Bertz CT molecular complexity index is 1390. The first-order valence-electron chi connectivity index (χ1n) is 9.67. The molecule has 2 heterocycles. The molecule has 0 aliphatic carbocycles. The fourth-order valence-electron chi connectivity index (χ4n) is 3.20. The second-order valence-electron chi connectivity index (χ2n) is 7.20. The van der Waals surface area contributed by atoms with Gasteiger partial charge in [0, 0.05) is 28.8 Å². The van der Waals surface area contributed by atoms with E-state index in [9.17, 15) is 27.2 Å². The predicted octanol–water partition coefficient (Wildman–Crippen LogP) is 4.98. The standard InChI is InChI=1S/C23H15F4N3O2S/c24-18-6-3-15(23(25,26)27)10-14(18)11-16(31)9-13-1-4-17(5-2-13)33-19-7-8-28-22-21(19)29-12-20(32)30-22/h1-8,10,12H,9,11H2,(H,28,30,32). The van der Waals surface area contributed by atoms with Gasteiger partial charge in [0.15, 0.2) is 5.65 Å². The maximum absolute atomic E-state index is 13.9. The van der Waals surface area contributed by atoms with Gasteiger partial charge in [0.25, 0.3) is 5.56 Å². The van der Waals surface area contributed by atoms with Crippen molar-refractivity contribution in [2.24, 2.45) is 0 Å². The van der Waals surface area contributed by atoms with Crippen LogP contribution < -0.4 is 5.56 Å². The van der Waals surface area contributed by atoms with Crippen LogP contribution >= 0.6 is 11.8 Å². The molecule has 1 N–H and O–H groups in total. The van der Waals surface area contributed by atoms with Crippen molar-refractivity contribution in [1.82, 2.24) is 15.0 Å². The fraction of sp³-hybridized carbons (Fsp3) is 0.130. The second kappa shape index (κ2) is 9.14. The van der Waals surface area contributed by atoms with Gasteiger partial charge in [-0.05, 0) is 47.5 Å². The Morgan fingerprint density at radius 1 is 1.00 bits per heavy atom. The first kappa shape index (κ1) is 22.7. The minimum absolute atomic E-state index is 0.0401. The van der Waals surface area contributed by atoms with Crippen molar-refractivity contribution in [2.45, 2.75) is 28.8 Å². The average molecular weight is 473 g/mol. The number of ketones is 1. The van der Waals surface area contributed by atoms with Crippen LogP contribution in [-0.2, 0) is 23.8 Å². The van der Waals surface area contributed by atoms with Crippen LogP contribution in [0.1, 0.15) is 16.7 Å². The zero-order chi connectivity index (χ0) is 23.6. The average Bonchev–Trinajstić information content (AvgIpc) is 2.76. The molecule has 2 aromatic heterocycles. The van der Waals surface area contributed by atoms with E-state index in [1.807, 2.05) is 0 Å². The van der Waals surface area contributed by atoms with E-state index < -0.39 is 29.8 Å². The van der Waals surface area contributed by atoms with Crippen LogP contribution in [-0.4, -0.2) is 20.7 Å². The third kappa shape index (κ3) is 5.46. The number of H-pyrrole nitrogens is 1. The van der Waals surface area contributed by atoms with Crippen molar-refractivity contribution in [2.75, 3.05) is 0 Å². The number of pyridine rings is 1. The molecular formula is C23H15F4N3O2S. The van der Waals surface area contributed by atoms with Crippen LogP contribution in [0.25, 0.3) is 11.2 Å². The summed E-state index contributed by atoms with van der Waals surface area (Å²) in [5, 5.41) is 0. The SMILES string of the molecule is O=C(Cc1ccc(Sc2ccnc3[nH]c(=O)cnc23)cc1)Cc1cc(C(F)(F)F)ccc1F. The summed E-state index contributed by atoms with van der Waals surface area (Å²) in [5.74, 6) is -1.25. The highest BCUT2D eigenvalue weighted by Gasteiger charge is 2.31. The molecule has 33 heavy (non-hydrogen) atoms. The lowest BCUT2D eigenvalue weighted by molar-refractivity contribution is -0.137. The number of carbonyl (C=O) groups excluding carboxylic acids is 1. The summed E-state index contributed by atoms with van der Waals surface area (Å²) >= 11 is 1.39. The molecule has 0 aliphatic rings. The number of aromatic nitrogens is 3. The van der Waals surface area contributed by atoms with E-state index in [2.05, 4.69) is 15.0 Å². The van der Waals surface area contributed by atoms with Crippen LogP contribution in [0.15, 0.2) is 75.5 Å². The van der Waals surface area contributed by atoms with Gasteiger partial charge in [-0.3, -0.25) is 9.59 Å². The van der Waals surface area contributed by atoms with Gasteiger partial charge in [-0.15, -0.1) is 0 Å². The number of benzene rings is 2. The second-order valence-corrected chi connectivity index (χ2v) is 8.31. The molecule has 0 amide bonds. The number of Topliss-reactive ketones (excluding diaryl/α,β-unsaturated/α-hetero) is 1. The van der Waals surface area contributed by atoms with E-state index >= 15 is 0 Å². The highest BCUT2D eigenvalue weighted by atomic mass is 32.2. The summed E-state index contributed by atoms with van der Waals surface area (Å²) in [5.41, 5.74) is -0.0524. The smallest absolute Gasteiger partial charge is 0.304 e. The molecular weight excluding hydrogens is 458 g/mol. The molecule has 0 radical (unpaired) electrons. The lowest BCUT2D eigenvalue weighted by Gasteiger charge is -2.10. The molecule has 4 aromatic rings. The van der Waals surface area contributed by atoms with E-state index in [4.69, 9.17) is 0 Å². The molecule has 0 aliphatic heterocycles. The summed E-state index contributed by atoms with van der Waals surface area (Å²) in [6, 6.07) is 10.8. The van der Waals surface area contributed by atoms with Gasteiger partial charge in [-0.2, -0.15) is 13.2 Å². The topological polar surface area (TPSA) is 75.7 Å². The summed E-state index contributed by atoms with van der Waals surface area (Å²) < 4.78 is 52.4. The number of aromatic amines is 1. The molecule has 10 heteroatoms. The Kier molecular flexibility index (Phi) is 6.28. The molecule has 0 atom stereocenters. The highest BCUT2D eigenvalue weighted by molar-refractivity contribution is 7.99. The van der Waals surface area contributed by atoms with Crippen molar-refractivity contribution in [3.05, 3.63) is 93.8 Å². The van der Waals surface area contributed by atoms with Crippen LogP contribution in [0.5, 0.6) is 0 Å². The van der Waals surface area contributed by atoms with Gasteiger partial charge in [-0.25, -0.2) is 14.4 Å². The van der Waals surface area contributed by atoms with Crippen LogP contribution in [0.2, 0.25) is 0 Å². The Hall–Kier alpha value is -3.53. The van der Waals surface area contributed by atoms with Crippen molar-refractivity contribution >= 4 is 28.7 Å². The van der Waals surface area contributed by atoms with Crippen molar-refractivity contribution in [3.63, 3.8) is 0 Å². The number of carbonyl (C=O) groups is 1. The number of nitrogens with zero attached hydrogens (tertiary/aromatic N) is 2. The third-order valence-electron chi connectivity index (χ3n) is 4.75. The normalized spacial score (nSPS) is 11.6. The number of rotatable bonds is 6. The number of alkyl halides is 3. The number of halogens is 4. The molecule has 0 spiro atoms. The molecule has 0 saturated heterocycles. The maximum Gasteiger partial charge on any atom is 0.416 e. The van der Waals surface area contributed by atoms with Crippen molar-refractivity contribution in [1.29, 1.82) is 0 Å². The lowest BCUT2D eigenvalue weighted by Crippen LogP contribution is -2.11. The predicted molar refractivity (Wildman–Crippen MR) is 115 cm³/mol. The molecule has 2 aromatic carbocycles. The van der Waals surface area contributed by atoms with Gasteiger partial charge < -0.3 is 4.98 Å². The number of fused-ring (bicyclic) bond motifs is 1. The first-order chi connectivity index (χ1) is 15.7. The third-order valence-corrected chi connectivity index (χ3v) is 5.81. The van der Waals surface area contributed by atoms with Gasteiger partial charge >= 0.3 is 6.18 Å². The number of nitrogens with one attached hydrogen (secondary N) is 1. The summed E-state index contributed by atoms with van der Waals surface area (Å²) in [6.45, 7) is 0. The minimum Gasteiger partial charge on any atom is -0.304 e. The van der Waals surface area contributed by atoms with Gasteiger partial charge in [0.1, 0.15) is 17.1 Å². The fourth-order valence-corrected chi connectivity index (χ4v) is 4.10. The molecule has 0 saturated carbocycles. The van der Waals surface area contributed by atoms with Gasteiger partial charge in [0.05, 0.1) is 11.8 Å². The largest absolute Gasteiger partial charge is 0.416 e. The Morgan fingerprint density at radius 2 is 1.76 bits per heavy atom. The van der Waals surface area contributed by atoms with E-state index in [1.165, 1.54) is 18.0 Å². The van der Waals surface area contributed by atoms with E-state index in [-0.39, 0.29) is 17.5 Å². The van der Waals surface area contributed by atoms with E-state index in [0.29, 0.717) is 28.9 Å². The molecule has 0 unspecified atom stereocenters. The maximum atomic E-state index is 13.9. The molecule has 0 fully saturated rings. The summed E-state index contributed by atoms with van der Waals surface area (Å²) in [4.78, 5) is 36.2. The zero-order valence-electron chi connectivity index (χ0n) is 16.8. The van der Waals surface area contributed by atoms with Crippen LogP contribution in [0, 0.1) is 5.82 Å². The number of hydrogen-bond acceptors (Lipinski definition) is 5. The highest BCUT2D eigenvalue weighted by Crippen LogP contribution is 2.32. The quantitative estimate of drug-likeness (QED) is 0.400. The minimum atomic E-state index is -4.61. The molecule has 0 bridgehead atoms. The van der Waals surface area contributed by atoms with E-state index in [1.54, 1.807) is 36.5 Å². The molecule has 168 valence electrons. The summed E-state index contributed by atoms with van der Waals surface area (Å²) in [7, 11) is 0. The van der Waals surface area contributed by atoms with Gasteiger partial charge in [-0.1, -0.05) is 23.9 Å². The van der Waals surface area contributed by atoms with Crippen molar-refractivity contribution in [3.8, 4) is 0 Å². The Morgan fingerprint density at radius 3 is 2.48 bits per heavy atom. The summed E-state index contributed by atoms with van der Waals surface area (Å²) in [6.07, 6.45) is -2.34. The number of hydrogen-bond donors (Lipinski definition) is 1. The molecule has 4 rings (SSSR count). The molecule has 5 nitrogen and oxygen atoms in total. The Labute approximate surface area is 188 Å². The van der Waals surface area contributed by atoms with Crippen LogP contribution in [0.4, 0.5) is 17.6 Å². The zero-order valence-corrected chi connectivity index (χ0v) is 17.6. The Balaban J connectivity index is 1.44. The van der Waals surface area contributed by atoms with E-state index in [0.717, 1.165) is 15.9 Å². The van der Waals surface area contributed by atoms with Crippen molar-refractivity contribution < 1.29 is 22.4 Å². The monoisotopic (exact) mass is 473 g/mol. The van der Waals surface area contributed by atoms with Crippen LogP contribution in [0.3, 0.4) is 0 Å². The lowest BCUT2D eigenvalue weighted by atomic mass is 10.0. The first-order valence-corrected chi connectivity index (χ1v) is 10.5. The van der Waals surface area contributed by atoms with Gasteiger partial charge in [0.2, 0.25) is 0 Å².